The third-order valence-electron chi connectivity index (χ3n) is 1.90. The van der Waals surface area contributed by atoms with Gasteiger partial charge in [-0.15, -0.1) is 11.3 Å². The second-order valence-corrected chi connectivity index (χ2v) is 3.70. The summed E-state index contributed by atoms with van der Waals surface area (Å²) in [5.74, 6) is 0. The predicted octanol–water partition coefficient (Wildman–Crippen LogP) is 1.69. The maximum absolute atomic E-state index is 9.65. The van der Waals surface area contributed by atoms with E-state index in [9.17, 15) is 5.11 Å². The zero-order valence-corrected chi connectivity index (χ0v) is 8.10. The Morgan fingerprint density at radius 2 is 2.42 bits per heavy atom. The first-order valence-corrected chi connectivity index (χ1v) is 5.12. The number of nitrogens with two attached hydrogens (primary N) is 1. The molecule has 0 spiro atoms. The third-order valence-corrected chi connectivity index (χ3v) is 2.96. The van der Waals surface area contributed by atoms with Crippen molar-refractivity contribution in [3.8, 4) is 0 Å². The van der Waals surface area contributed by atoms with Crippen molar-refractivity contribution in [3.63, 3.8) is 0 Å². The monoisotopic (exact) mass is 185 g/mol. The molecule has 68 valence electrons. The number of aryl methyl sites for hydroxylation is 1. The normalized spacial score (nSPS) is 13.2. The molecule has 0 fully saturated rings. The molecule has 1 heterocycles. The third kappa shape index (κ3) is 2.06. The van der Waals surface area contributed by atoms with Crippen LogP contribution in [0.3, 0.4) is 0 Å². The van der Waals surface area contributed by atoms with Crippen LogP contribution in [-0.4, -0.2) is 11.7 Å². The molecule has 0 saturated carbocycles. The Morgan fingerprint density at radius 3 is 3.00 bits per heavy atom. The van der Waals surface area contributed by atoms with Gasteiger partial charge >= 0.3 is 0 Å². The molecule has 0 radical (unpaired) electrons. The van der Waals surface area contributed by atoms with Gasteiger partial charge in [0, 0.05) is 4.88 Å². The standard InChI is InChI=1S/C9H15NOS/c1-2-7-4-6-12-9(7)8(11)3-5-10/h4,6,8,11H,2-3,5,10H2,1H3/t8-/m1/s1. The smallest absolute Gasteiger partial charge is 0.0896 e. The van der Waals surface area contributed by atoms with Crippen LogP contribution in [-0.2, 0) is 6.42 Å². The molecule has 0 unspecified atom stereocenters. The number of hydrogen-bond donors (Lipinski definition) is 2. The highest BCUT2D eigenvalue weighted by Crippen LogP contribution is 2.26. The first kappa shape index (κ1) is 9.71. The van der Waals surface area contributed by atoms with Gasteiger partial charge in [-0.25, -0.2) is 0 Å². The molecule has 0 aromatic carbocycles. The SMILES string of the molecule is CCc1ccsc1[C@H](O)CCN. The van der Waals surface area contributed by atoms with E-state index in [1.807, 2.05) is 5.38 Å². The Morgan fingerprint density at radius 1 is 1.67 bits per heavy atom. The van der Waals surface area contributed by atoms with Gasteiger partial charge in [-0.1, -0.05) is 6.92 Å². The molecule has 1 rings (SSSR count). The fraction of sp³-hybridized carbons (Fsp3) is 0.556. The van der Waals surface area contributed by atoms with Gasteiger partial charge in [0.15, 0.2) is 0 Å². The topological polar surface area (TPSA) is 46.2 Å². The van der Waals surface area contributed by atoms with Gasteiger partial charge in [-0.05, 0) is 36.4 Å². The number of rotatable bonds is 4. The lowest BCUT2D eigenvalue weighted by Gasteiger charge is -2.08. The summed E-state index contributed by atoms with van der Waals surface area (Å²) < 4.78 is 0. The lowest BCUT2D eigenvalue weighted by Crippen LogP contribution is -2.06. The Hall–Kier alpha value is -0.380. The second kappa shape index (κ2) is 4.60. The average Bonchev–Trinajstić information content (AvgIpc) is 2.51. The van der Waals surface area contributed by atoms with Crippen LogP contribution in [0.4, 0.5) is 0 Å². The van der Waals surface area contributed by atoms with Crippen molar-refractivity contribution in [3.05, 3.63) is 21.9 Å². The number of hydrogen-bond acceptors (Lipinski definition) is 3. The number of aliphatic hydroxyl groups excluding tert-OH is 1. The summed E-state index contributed by atoms with van der Waals surface area (Å²) in [4.78, 5) is 1.09. The summed E-state index contributed by atoms with van der Waals surface area (Å²) in [7, 11) is 0. The van der Waals surface area contributed by atoms with E-state index in [0.29, 0.717) is 13.0 Å². The summed E-state index contributed by atoms with van der Waals surface area (Å²) >= 11 is 1.62. The van der Waals surface area contributed by atoms with Crippen LogP contribution in [0.25, 0.3) is 0 Å². The Balaban J connectivity index is 2.71. The molecule has 0 aliphatic heterocycles. The minimum Gasteiger partial charge on any atom is -0.388 e. The van der Waals surface area contributed by atoms with E-state index in [-0.39, 0.29) is 6.10 Å². The molecular formula is C9H15NOS. The van der Waals surface area contributed by atoms with Gasteiger partial charge in [0.05, 0.1) is 6.10 Å². The fourth-order valence-electron chi connectivity index (χ4n) is 1.22. The summed E-state index contributed by atoms with van der Waals surface area (Å²) in [6.45, 7) is 2.64. The molecular weight excluding hydrogens is 170 g/mol. The molecule has 0 amide bonds. The van der Waals surface area contributed by atoms with E-state index in [0.717, 1.165) is 11.3 Å². The molecule has 12 heavy (non-hydrogen) atoms. The Kier molecular flexibility index (Phi) is 3.72. The van der Waals surface area contributed by atoms with Crippen molar-refractivity contribution in [2.45, 2.75) is 25.9 Å². The van der Waals surface area contributed by atoms with Crippen LogP contribution in [0.15, 0.2) is 11.4 Å². The van der Waals surface area contributed by atoms with Crippen LogP contribution < -0.4 is 5.73 Å². The highest BCUT2D eigenvalue weighted by Gasteiger charge is 2.11. The first-order valence-electron chi connectivity index (χ1n) is 4.24. The number of thiophene rings is 1. The Bertz CT molecular complexity index is 234. The van der Waals surface area contributed by atoms with Crippen LogP contribution in [0.1, 0.15) is 29.9 Å². The van der Waals surface area contributed by atoms with E-state index >= 15 is 0 Å². The van der Waals surface area contributed by atoms with Crippen LogP contribution in [0.2, 0.25) is 0 Å². The quantitative estimate of drug-likeness (QED) is 0.750. The van der Waals surface area contributed by atoms with E-state index in [2.05, 4.69) is 13.0 Å². The predicted molar refractivity (Wildman–Crippen MR) is 52.3 cm³/mol. The van der Waals surface area contributed by atoms with Gasteiger partial charge in [0.1, 0.15) is 0 Å². The first-order chi connectivity index (χ1) is 5.79. The fourth-order valence-corrected chi connectivity index (χ4v) is 2.24. The van der Waals surface area contributed by atoms with Crippen molar-refractivity contribution < 1.29 is 5.11 Å². The van der Waals surface area contributed by atoms with Crippen LogP contribution in [0, 0.1) is 0 Å². The average molecular weight is 185 g/mol. The molecule has 1 atom stereocenters. The van der Waals surface area contributed by atoms with Gasteiger partial charge in [0.2, 0.25) is 0 Å². The van der Waals surface area contributed by atoms with E-state index in [4.69, 9.17) is 5.73 Å². The lowest BCUT2D eigenvalue weighted by molar-refractivity contribution is 0.173. The zero-order valence-electron chi connectivity index (χ0n) is 7.29. The second-order valence-electron chi connectivity index (χ2n) is 2.76. The molecule has 0 saturated heterocycles. The van der Waals surface area contributed by atoms with Crippen molar-refractivity contribution in [1.82, 2.24) is 0 Å². The van der Waals surface area contributed by atoms with E-state index in [1.54, 1.807) is 11.3 Å². The van der Waals surface area contributed by atoms with E-state index in [1.165, 1.54) is 5.56 Å². The van der Waals surface area contributed by atoms with Gasteiger partial charge < -0.3 is 10.8 Å². The molecule has 3 heteroatoms. The van der Waals surface area contributed by atoms with Gasteiger partial charge in [0.25, 0.3) is 0 Å². The lowest BCUT2D eigenvalue weighted by atomic mass is 10.1. The van der Waals surface area contributed by atoms with Crippen molar-refractivity contribution in [1.29, 1.82) is 0 Å². The molecule has 0 bridgehead atoms. The summed E-state index contributed by atoms with van der Waals surface area (Å²) in [5.41, 5.74) is 6.62. The summed E-state index contributed by atoms with van der Waals surface area (Å²) in [5, 5.41) is 11.7. The minimum absolute atomic E-state index is 0.357. The summed E-state index contributed by atoms with van der Waals surface area (Å²) in [6, 6.07) is 2.07. The van der Waals surface area contributed by atoms with Crippen molar-refractivity contribution in [2.24, 2.45) is 5.73 Å². The van der Waals surface area contributed by atoms with Gasteiger partial charge in [-0.2, -0.15) is 0 Å². The molecule has 0 aliphatic carbocycles. The molecule has 3 N–H and O–H groups in total. The molecule has 1 aromatic heterocycles. The largest absolute Gasteiger partial charge is 0.388 e. The Labute approximate surface area is 77.0 Å². The maximum Gasteiger partial charge on any atom is 0.0896 e. The minimum atomic E-state index is -0.357. The number of aliphatic hydroxyl groups is 1. The summed E-state index contributed by atoms with van der Waals surface area (Å²) in [6.07, 6.45) is 1.29. The van der Waals surface area contributed by atoms with E-state index < -0.39 is 0 Å². The molecule has 1 aromatic rings. The molecule has 0 aliphatic rings. The van der Waals surface area contributed by atoms with Crippen LogP contribution in [0.5, 0.6) is 0 Å². The van der Waals surface area contributed by atoms with Crippen LogP contribution >= 0.6 is 11.3 Å². The van der Waals surface area contributed by atoms with Crippen molar-refractivity contribution >= 4 is 11.3 Å². The zero-order chi connectivity index (χ0) is 8.97. The highest BCUT2D eigenvalue weighted by atomic mass is 32.1. The van der Waals surface area contributed by atoms with Gasteiger partial charge in [-0.3, -0.25) is 0 Å². The molecule has 2 nitrogen and oxygen atoms in total. The highest BCUT2D eigenvalue weighted by molar-refractivity contribution is 7.10. The maximum atomic E-state index is 9.65. The van der Waals surface area contributed by atoms with Crippen molar-refractivity contribution in [2.75, 3.05) is 6.54 Å².